The zero-order chi connectivity index (χ0) is 16.9. The summed E-state index contributed by atoms with van der Waals surface area (Å²) >= 11 is 0. The van der Waals surface area contributed by atoms with Crippen LogP contribution in [0.3, 0.4) is 0 Å². The van der Waals surface area contributed by atoms with Gasteiger partial charge in [0, 0.05) is 0 Å². The van der Waals surface area contributed by atoms with E-state index in [0.717, 1.165) is 24.2 Å². The average Bonchev–Trinajstić information content (AvgIpc) is 3.24. The van der Waals surface area contributed by atoms with Gasteiger partial charge in [-0.2, -0.15) is 0 Å². The highest BCUT2D eigenvalue weighted by Crippen LogP contribution is 2.16. The molecule has 0 unspecified atom stereocenters. The number of hydrogen-bond donors (Lipinski definition) is 1. The second-order valence-corrected chi connectivity index (χ2v) is 5.64. The summed E-state index contributed by atoms with van der Waals surface area (Å²) in [6.45, 7) is 4.43. The van der Waals surface area contributed by atoms with Crippen molar-refractivity contribution >= 4 is 5.91 Å². The highest BCUT2D eigenvalue weighted by molar-refractivity contribution is 5.93. The maximum absolute atomic E-state index is 12.5. The van der Waals surface area contributed by atoms with Crippen molar-refractivity contribution in [3.8, 4) is 5.69 Å². The first-order valence-electron chi connectivity index (χ1n) is 8.01. The van der Waals surface area contributed by atoms with Crippen LogP contribution in [0.1, 0.15) is 40.9 Å². The molecule has 1 N–H and O–H groups in total. The van der Waals surface area contributed by atoms with Gasteiger partial charge in [-0.1, -0.05) is 36.3 Å². The maximum Gasteiger partial charge on any atom is 0.274 e. The van der Waals surface area contributed by atoms with Crippen LogP contribution in [0, 0.1) is 6.92 Å². The Labute approximate surface area is 140 Å². The van der Waals surface area contributed by atoms with Crippen molar-refractivity contribution in [2.45, 2.75) is 33.2 Å². The number of furan rings is 1. The van der Waals surface area contributed by atoms with E-state index in [0.29, 0.717) is 18.0 Å². The number of carbonyl (C=O) groups is 1. The van der Waals surface area contributed by atoms with Crippen LogP contribution in [0.5, 0.6) is 0 Å². The summed E-state index contributed by atoms with van der Waals surface area (Å²) in [5.74, 6) is 0.458. The molecule has 2 heterocycles. The molecule has 6 nitrogen and oxygen atoms in total. The molecule has 0 spiro atoms. The summed E-state index contributed by atoms with van der Waals surface area (Å²) in [7, 11) is 0. The van der Waals surface area contributed by atoms with Crippen LogP contribution < -0.4 is 5.32 Å². The minimum Gasteiger partial charge on any atom is -0.467 e. The lowest BCUT2D eigenvalue weighted by molar-refractivity contribution is 0.0942. The molecular formula is C18H20N4O2. The molecule has 6 heteroatoms. The normalized spacial score (nSPS) is 10.8. The van der Waals surface area contributed by atoms with Gasteiger partial charge in [0.05, 0.1) is 24.2 Å². The van der Waals surface area contributed by atoms with E-state index in [9.17, 15) is 4.79 Å². The predicted molar refractivity (Wildman–Crippen MR) is 90.0 cm³/mol. The van der Waals surface area contributed by atoms with Crippen LogP contribution in [0.15, 0.2) is 47.1 Å². The van der Waals surface area contributed by atoms with Gasteiger partial charge >= 0.3 is 0 Å². The van der Waals surface area contributed by atoms with E-state index in [4.69, 9.17) is 4.42 Å². The number of aromatic nitrogens is 3. The molecular weight excluding hydrogens is 304 g/mol. The van der Waals surface area contributed by atoms with E-state index in [1.165, 1.54) is 5.56 Å². The van der Waals surface area contributed by atoms with E-state index in [1.807, 2.05) is 37.3 Å². The summed E-state index contributed by atoms with van der Waals surface area (Å²) < 4.78 is 6.97. The molecule has 0 saturated heterocycles. The number of benzene rings is 1. The molecule has 124 valence electrons. The van der Waals surface area contributed by atoms with Gasteiger partial charge in [-0.15, -0.1) is 5.10 Å². The number of nitrogens with zero attached hydrogens (tertiary/aromatic N) is 3. The van der Waals surface area contributed by atoms with Gasteiger partial charge in [-0.05, 0) is 37.6 Å². The van der Waals surface area contributed by atoms with Crippen molar-refractivity contribution in [1.82, 2.24) is 20.3 Å². The van der Waals surface area contributed by atoms with Crippen LogP contribution in [0.2, 0.25) is 0 Å². The first-order chi connectivity index (χ1) is 11.7. The van der Waals surface area contributed by atoms with Gasteiger partial charge in [0.2, 0.25) is 0 Å². The Morgan fingerprint density at radius 3 is 2.71 bits per heavy atom. The van der Waals surface area contributed by atoms with Gasteiger partial charge in [-0.3, -0.25) is 4.79 Å². The molecule has 3 rings (SSSR count). The second-order valence-electron chi connectivity index (χ2n) is 5.64. The molecule has 1 aromatic carbocycles. The molecule has 0 fully saturated rings. The molecule has 0 radical (unpaired) electrons. The Hall–Kier alpha value is -2.89. The molecule has 2 aromatic heterocycles. The number of hydrogen-bond acceptors (Lipinski definition) is 4. The number of aryl methyl sites for hydroxylation is 1. The highest BCUT2D eigenvalue weighted by Gasteiger charge is 2.20. The summed E-state index contributed by atoms with van der Waals surface area (Å²) in [4.78, 5) is 12.5. The lowest BCUT2D eigenvalue weighted by Gasteiger charge is -2.07. The zero-order valence-corrected chi connectivity index (χ0v) is 13.8. The Kier molecular flexibility index (Phi) is 4.74. The first kappa shape index (κ1) is 16.0. The monoisotopic (exact) mass is 324 g/mol. The third-order valence-corrected chi connectivity index (χ3v) is 3.75. The van der Waals surface area contributed by atoms with Crippen LogP contribution in [-0.4, -0.2) is 20.9 Å². The van der Waals surface area contributed by atoms with Gasteiger partial charge in [0.25, 0.3) is 5.91 Å². The average molecular weight is 324 g/mol. The van der Waals surface area contributed by atoms with E-state index < -0.39 is 0 Å². The SMILES string of the molecule is CCCc1c(C(=O)NCc2ccco2)nnn1-c1ccc(C)cc1. The van der Waals surface area contributed by atoms with Crippen molar-refractivity contribution in [1.29, 1.82) is 0 Å². The van der Waals surface area contributed by atoms with Crippen molar-refractivity contribution in [3.63, 3.8) is 0 Å². The van der Waals surface area contributed by atoms with Gasteiger partial charge in [-0.25, -0.2) is 4.68 Å². The van der Waals surface area contributed by atoms with Gasteiger partial charge in [0.1, 0.15) is 5.76 Å². The lowest BCUT2D eigenvalue weighted by atomic mass is 10.1. The number of carbonyl (C=O) groups excluding carboxylic acids is 1. The molecule has 0 atom stereocenters. The van der Waals surface area contributed by atoms with Crippen LogP contribution in [0.25, 0.3) is 5.69 Å². The molecule has 0 aliphatic rings. The largest absolute Gasteiger partial charge is 0.467 e. The minimum absolute atomic E-state index is 0.242. The third kappa shape index (κ3) is 3.37. The first-order valence-corrected chi connectivity index (χ1v) is 8.01. The fourth-order valence-electron chi connectivity index (χ4n) is 2.50. The van der Waals surface area contributed by atoms with E-state index in [2.05, 4.69) is 22.6 Å². The molecule has 0 aliphatic heterocycles. The lowest BCUT2D eigenvalue weighted by Crippen LogP contribution is -2.24. The fourth-order valence-corrected chi connectivity index (χ4v) is 2.50. The van der Waals surface area contributed by atoms with Crippen molar-refractivity contribution < 1.29 is 9.21 Å². The molecule has 24 heavy (non-hydrogen) atoms. The minimum atomic E-state index is -0.242. The van der Waals surface area contributed by atoms with Crippen molar-refractivity contribution in [2.24, 2.45) is 0 Å². The third-order valence-electron chi connectivity index (χ3n) is 3.75. The quantitative estimate of drug-likeness (QED) is 0.756. The van der Waals surface area contributed by atoms with E-state index in [-0.39, 0.29) is 5.91 Å². The molecule has 0 aliphatic carbocycles. The summed E-state index contributed by atoms with van der Waals surface area (Å²) in [5.41, 5.74) is 3.26. The summed E-state index contributed by atoms with van der Waals surface area (Å²) in [6.07, 6.45) is 3.21. The number of amides is 1. The van der Waals surface area contributed by atoms with Crippen molar-refractivity contribution in [2.75, 3.05) is 0 Å². The highest BCUT2D eigenvalue weighted by atomic mass is 16.3. The molecule has 0 bridgehead atoms. The van der Waals surface area contributed by atoms with Crippen LogP contribution in [-0.2, 0) is 13.0 Å². The predicted octanol–water partition coefficient (Wildman–Crippen LogP) is 3.05. The van der Waals surface area contributed by atoms with Crippen LogP contribution in [0.4, 0.5) is 0 Å². The Morgan fingerprint density at radius 2 is 2.04 bits per heavy atom. The second kappa shape index (κ2) is 7.12. The molecule has 3 aromatic rings. The maximum atomic E-state index is 12.5. The Balaban J connectivity index is 1.84. The fraction of sp³-hybridized carbons (Fsp3) is 0.278. The summed E-state index contributed by atoms with van der Waals surface area (Å²) in [5, 5.41) is 11.1. The smallest absolute Gasteiger partial charge is 0.274 e. The van der Waals surface area contributed by atoms with Gasteiger partial charge in [0.15, 0.2) is 5.69 Å². The number of nitrogens with one attached hydrogen (secondary N) is 1. The topological polar surface area (TPSA) is 73.0 Å². The van der Waals surface area contributed by atoms with Crippen molar-refractivity contribution in [3.05, 3.63) is 65.4 Å². The zero-order valence-electron chi connectivity index (χ0n) is 13.8. The Bertz CT molecular complexity index is 804. The summed E-state index contributed by atoms with van der Waals surface area (Å²) in [6, 6.07) is 11.6. The standard InChI is InChI=1S/C18H20N4O2/c1-3-5-16-17(18(23)19-12-15-6-4-11-24-15)20-21-22(16)14-9-7-13(2)8-10-14/h4,6-11H,3,5,12H2,1-2H3,(H,19,23). The van der Waals surface area contributed by atoms with Crippen LogP contribution >= 0.6 is 0 Å². The van der Waals surface area contributed by atoms with E-state index in [1.54, 1.807) is 17.0 Å². The van der Waals surface area contributed by atoms with E-state index >= 15 is 0 Å². The molecule has 0 saturated carbocycles. The Morgan fingerprint density at radius 1 is 1.25 bits per heavy atom. The molecule has 1 amide bonds. The number of rotatable bonds is 6. The van der Waals surface area contributed by atoms with Gasteiger partial charge < -0.3 is 9.73 Å².